The zero-order valence-corrected chi connectivity index (χ0v) is 19.8. The summed E-state index contributed by atoms with van der Waals surface area (Å²) in [5, 5.41) is 0.433. The monoisotopic (exact) mass is 497 g/mol. The number of amides is 1. The van der Waals surface area contributed by atoms with Crippen LogP contribution in [0.25, 0.3) is 0 Å². The molecule has 1 fully saturated rings. The number of sulfonamides is 1. The van der Waals surface area contributed by atoms with Crippen molar-refractivity contribution in [2.24, 2.45) is 0 Å². The Morgan fingerprint density at radius 2 is 1.67 bits per heavy atom. The van der Waals surface area contributed by atoms with Crippen molar-refractivity contribution >= 4 is 33.5 Å². The molecule has 11 heteroatoms. The molecule has 0 bridgehead atoms. The van der Waals surface area contributed by atoms with Crippen LogP contribution in [-0.2, 0) is 24.3 Å². The van der Waals surface area contributed by atoms with Gasteiger partial charge >= 0.3 is 5.97 Å². The quantitative estimate of drug-likeness (QED) is 0.589. The summed E-state index contributed by atoms with van der Waals surface area (Å²) in [5.74, 6) is -1.80. The van der Waals surface area contributed by atoms with E-state index in [0.29, 0.717) is 23.7 Å². The normalized spacial score (nSPS) is 16.8. The average molecular weight is 498 g/mol. The molecule has 0 saturated carbocycles. The Morgan fingerprint density at radius 1 is 1.06 bits per heavy atom. The maximum Gasteiger partial charge on any atom is 0.327 e. The van der Waals surface area contributed by atoms with Crippen molar-refractivity contribution in [3.63, 3.8) is 0 Å². The third kappa shape index (κ3) is 5.70. The average Bonchev–Trinajstić information content (AvgIpc) is 2.80. The largest absolute Gasteiger partial charge is 0.468 e. The van der Waals surface area contributed by atoms with Crippen molar-refractivity contribution < 1.29 is 27.1 Å². The van der Waals surface area contributed by atoms with Gasteiger partial charge < -0.3 is 9.64 Å². The molecular formula is C22H25ClFN3O5S. The minimum absolute atomic E-state index is 0.266. The minimum Gasteiger partial charge on any atom is -0.468 e. The van der Waals surface area contributed by atoms with Crippen LogP contribution in [0.15, 0.2) is 53.4 Å². The van der Waals surface area contributed by atoms with Gasteiger partial charge in [0.15, 0.2) is 0 Å². The Bertz CT molecular complexity index is 1120. The number of benzene rings is 2. The molecule has 0 aliphatic carbocycles. The molecular weight excluding hydrogens is 473 g/mol. The van der Waals surface area contributed by atoms with Crippen molar-refractivity contribution in [1.29, 1.82) is 0 Å². The number of piperazine rings is 1. The molecule has 1 heterocycles. The molecule has 1 aliphatic rings. The van der Waals surface area contributed by atoms with E-state index in [9.17, 15) is 22.4 Å². The van der Waals surface area contributed by atoms with E-state index in [-0.39, 0.29) is 13.1 Å². The van der Waals surface area contributed by atoms with Crippen LogP contribution >= 0.6 is 11.6 Å². The lowest BCUT2D eigenvalue weighted by Crippen LogP contribution is -2.55. The van der Waals surface area contributed by atoms with Gasteiger partial charge in [0, 0.05) is 31.2 Å². The summed E-state index contributed by atoms with van der Waals surface area (Å²) in [5.41, 5.74) is 0.608. The molecule has 1 aliphatic heterocycles. The molecule has 0 spiro atoms. The molecule has 0 radical (unpaired) electrons. The van der Waals surface area contributed by atoms with Crippen molar-refractivity contribution in [2.45, 2.75) is 23.9 Å². The highest BCUT2D eigenvalue weighted by Crippen LogP contribution is 2.29. The van der Waals surface area contributed by atoms with E-state index in [1.54, 1.807) is 24.3 Å². The first-order valence-corrected chi connectivity index (χ1v) is 12.1. The Kier molecular flexibility index (Phi) is 8.06. The third-order valence-corrected chi connectivity index (χ3v) is 7.36. The third-order valence-electron chi connectivity index (χ3n) is 5.44. The summed E-state index contributed by atoms with van der Waals surface area (Å²) in [6, 6.07) is 10.1. The van der Waals surface area contributed by atoms with Gasteiger partial charge in [-0.05, 0) is 30.7 Å². The van der Waals surface area contributed by atoms with Crippen LogP contribution in [0.2, 0.25) is 5.02 Å². The summed E-state index contributed by atoms with van der Waals surface area (Å²) >= 11 is 6.29. The molecule has 2 aromatic carbocycles. The van der Waals surface area contributed by atoms with Crippen molar-refractivity contribution in [3.05, 3.63) is 64.9 Å². The van der Waals surface area contributed by atoms with E-state index in [1.165, 1.54) is 31.1 Å². The Morgan fingerprint density at radius 3 is 2.27 bits per heavy atom. The number of carbonyl (C=O) groups excluding carboxylic acids is 2. The van der Waals surface area contributed by atoms with Gasteiger partial charge in [0.2, 0.25) is 15.9 Å². The van der Waals surface area contributed by atoms with Crippen molar-refractivity contribution in [3.8, 4) is 0 Å². The number of nitrogens with one attached hydrogen (secondary N) is 1. The van der Waals surface area contributed by atoms with E-state index >= 15 is 0 Å². The molecule has 2 aromatic rings. The SMILES string of the molecule is COC(=O)C(c1ccccc1Cl)N1CCN(C(=O)[C@H](C)NS(=O)(=O)c2ccccc2F)CC1. The number of carbonyl (C=O) groups is 2. The first-order chi connectivity index (χ1) is 15.7. The van der Waals surface area contributed by atoms with E-state index < -0.39 is 44.7 Å². The molecule has 8 nitrogen and oxygen atoms in total. The molecule has 1 amide bonds. The first-order valence-electron chi connectivity index (χ1n) is 10.3. The lowest BCUT2D eigenvalue weighted by molar-refractivity contribution is -0.148. The number of hydrogen-bond donors (Lipinski definition) is 1. The van der Waals surface area contributed by atoms with Crippen LogP contribution in [0, 0.1) is 5.82 Å². The smallest absolute Gasteiger partial charge is 0.327 e. The summed E-state index contributed by atoms with van der Waals surface area (Å²) in [6.45, 7) is 2.65. The fourth-order valence-corrected chi connectivity index (χ4v) is 5.28. The number of esters is 1. The highest BCUT2D eigenvalue weighted by Gasteiger charge is 2.35. The van der Waals surface area contributed by atoms with Crippen molar-refractivity contribution in [1.82, 2.24) is 14.5 Å². The van der Waals surface area contributed by atoms with Crippen LogP contribution in [0.1, 0.15) is 18.5 Å². The topological polar surface area (TPSA) is 96.0 Å². The molecule has 1 unspecified atom stereocenters. The number of methoxy groups -OCH3 is 1. The Labute approximate surface area is 197 Å². The maximum atomic E-state index is 13.9. The predicted molar refractivity (Wildman–Crippen MR) is 121 cm³/mol. The zero-order valence-electron chi connectivity index (χ0n) is 18.2. The molecule has 3 rings (SSSR count). The molecule has 178 valence electrons. The molecule has 0 aromatic heterocycles. The van der Waals surface area contributed by atoms with Crippen LogP contribution in [0.3, 0.4) is 0 Å². The Balaban J connectivity index is 1.67. The van der Waals surface area contributed by atoms with Crippen LogP contribution in [0.5, 0.6) is 0 Å². The molecule has 1 saturated heterocycles. The standard InChI is InChI=1S/C22H25ClFN3O5S/c1-15(25-33(30,31)19-10-6-5-9-18(19)24)21(28)27-13-11-26(12-14-27)20(22(29)32-2)16-7-3-4-8-17(16)23/h3-10,15,20,25H,11-14H2,1-2H3/t15-,20?/m0/s1. The van der Waals surface area contributed by atoms with Gasteiger partial charge in [-0.25, -0.2) is 17.6 Å². The van der Waals surface area contributed by atoms with Crippen LogP contribution < -0.4 is 4.72 Å². The zero-order chi connectivity index (χ0) is 24.2. The van der Waals surface area contributed by atoms with Gasteiger partial charge in [0.05, 0.1) is 13.2 Å². The van der Waals surface area contributed by atoms with Gasteiger partial charge in [0.1, 0.15) is 16.8 Å². The highest BCUT2D eigenvalue weighted by atomic mass is 35.5. The second-order valence-corrected chi connectivity index (χ2v) is 9.67. The van der Waals surface area contributed by atoms with E-state index in [4.69, 9.17) is 16.3 Å². The number of rotatable bonds is 7. The second-order valence-electron chi connectivity index (χ2n) is 7.58. The number of halogens is 2. The lowest BCUT2D eigenvalue weighted by atomic mass is 10.0. The molecule has 2 atom stereocenters. The van der Waals surface area contributed by atoms with Crippen LogP contribution in [-0.4, -0.2) is 69.4 Å². The highest BCUT2D eigenvalue weighted by molar-refractivity contribution is 7.89. The minimum atomic E-state index is -4.21. The van der Waals surface area contributed by atoms with E-state index in [0.717, 1.165) is 12.1 Å². The van der Waals surface area contributed by atoms with Gasteiger partial charge in [-0.1, -0.05) is 41.9 Å². The predicted octanol–water partition coefficient (Wildman–Crippen LogP) is 2.20. The fraction of sp³-hybridized carbons (Fsp3) is 0.364. The van der Waals surface area contributed by atoms with E-state index in [2.05, 4.69) is 4.72 Å². The summed E-state index contributed by atoms with van der Waals surface area (Å²) in [6.07, 6.45) is 0. The number of ether oxygens (including phenoxy) is 1. The first kappa shape index (κ1) is 25.1. The van der Waals surface area contributed by atoms with Crippen LogP contribution in [0.4, 0.5) is 4.39 Å². The van der Waals surface area contributed by atoms with Gasteiger partial charge in [-0.15, -0.1) is 0 Å². The summed E-state index contributed by atoms with van der Waals surface area (Å²) in [4.78, 5) is 28.2. The second kappa shape index (κ2) is 10.6. The van der Waals surface area contributed by atoms with Crippen molar-refractivity contribution in [2.75, 3.05) is 33.3 Å². The van der Waals surface area contributed by atoms with Gasteiger partial charge in [0.25, 0.3) is 0 Å². The Hall–Kier alpha value is -2.53. The van der Waals surface area contributed by atoms with Gasteiger partial charge in [-0.2, -0.15) is 4.72 Å². The number of hydrogen-bond acceptors (Lipinski definition) is 6. The fourth-order valence-electron chi connectivity index (χ4n) is 3.76. The summed E-state index contributed by atoms with van der Waals surface area (Å²) < 4.78 is 46.1. The van der Waals surface area contributed by atoms with E-state index in [1.807, 2.05) is 4.90 Å². The lowest BCUT2D eigenvalue weighted by Gasteiger charge is -2.39. The van der Waals surface area contributed by atoms with Gasteiger partial charge in [-0.3, -0.25) is 9.69 Å². The molecule has 33 heavy (non-hydrogen) atoms. The summed E-state index contributed by atoms with van der Waals surface area (Å²) in [7, 11) is -2.91. The maximum absolute atomic E-state index is 13.9. The molecule has 1 N–H and O–H groups in total. The number of nitrogens with zero attached hydrogens (tertiary/aromatic N) is 2.